The quantitative estimate of drug-likeness (QED) is 0.795. The fourth-order valence-electron chi connectivity index (χ4n) is 4.42. The first-order valence-electron chi connectivity index (χ1n) is 9.12. The molecule has 2 fully saturated rings. The predicted molar refractivity (Wildman–Crippen MR) is 93.8 cm³/mol. The normalized spacial score (nSPS) is 26.7. The van der Waals surface area contributed by atoms with Gasteiger partial charge in [-0.15, -0.1) is 0 Å². The van der Waals surface area contributed by atoms with Gasteiger partial charge in [-0.05, 0) is 66.9 Å². The molecule has 1 aromatic rings. The van der Waals surface area contributed by atoms with Gasteiger partial charge in [0.05, 0.1) is 6.42 Å². The first-order valence-corrected chi connectivity index (χ1v) is 9.12. The summed E-state index contributed by atoms with van der Waals surface area (Å²) < 4.78 is 0. The van der Waals surface area contributed by atoms with E-state index < -0.39 is 5.97 Å². The van der Waals surface area contributed by atoms with Gasteiger partial charge in [0.1, 0.15) is 0 Å². The molecule has 0 bridgehead atoms. The molecule has 1 N–H and O–H groups in total. The lowest BCUT2D eigenvalue weighted by atomic mass is 9.68. The summed E-state index contributed by atoms with van der Waals surface area (Å²) in [5.41, 5.74) is 3.05. The van der Waals surface area contributed by atoms with Gasteiger partial charge in [0.15, 0.2) is 0 Å². The Morgan fingerprint density at radius 2 is 1.83 bits per heavy atom. The predicted octanol–water partition coefficient (Wildman–Crippen LogP) is 5.51. The van der Waals surface area contributed by atoms with Crippen LogP contribution in [0.15, 0.2) is 24.3 Å². The Morgan fingerprint density at radius 1 is 1.17 bits per heavy atom. The molecule has 0 unspecified atom stereocenters. The Kier molecular flexibility index (Phi) is 4.29. The highest BCUT2D eigenvalue weighted by molar-refractivity contribution is 5.70. The highest BCUT2D eigenvalue weighted by Crippen LogP contribution is 2.52. The first-order chi connectivity index (χ1) is 10.8. The molecule has 1 aromatic carbocycles. The lowest BCUT2D eigenvalue weighted by Crippen LogP contribution is -2.25. The van der Waals surface area contributed by atoms with Crippen LogP contribution in [0.5, 0.6) is 0 Å². The number of rotatable bonds is 4. The minimum atomic E-state index is -0.668. The van der Waals surface area contributed by atoms with Gasteiger partial charge in [-0.1, -0.05) is 45.0 Å². The SMILES string of the molecule is CC(C)(C)C1CCC(c2cccc(C3(CC(=O)O)CC3)c2)CC1. The number of hydrogen-bond donors (Lipinski definition) is 1. The summed E-state index contributed by atoms with van der Waals surface area (Å²) >= 11 is 0. The van der Waals surface area contributed by atoms with E-state index in [1.54, 1.807) is 0 Å². The van der Waals surface area contributed by atoms with E-state index in [9.17, 15) is 9.90 Å². The summed E-state index contributed by atoms with van der Waals surface area (Å²) in [4.78, 5) is 11.1. The van der Waals surface area contributed by atoms with Crippen molar-refractivity contribution in [2.75, 3.05) is 0 Å². The Balaban J connectivity index is 1.71. The summed E-state index contributed by atoms with van der Waals surface area (Å²) in [7, 11) is 0. The molecule has 2 nitrogen and oxygen atoms in total. The molecule has 0 amide bonds. The van der Waals surface area contributed by atoms with Crippen LogP contribution in [0.2, 0.25) is 0 Å². The lowest BCUT2D eigenvalue weighted by Gasteiger charge is -2.37. The van der Waals surface area contributed by atoms with E-state index in [0.717, 1.165) is 18.8 Å². The second kappa shape index (κ2) is 5.96. The molecule has 126 valence electrons. The van der Waals surface area contributed by atoms with Crippen molar-refractivity contribution < 1.29 is 9.90 Å². The molecule has 0 saturated heterocycles. The lowest BCUT2D eigenvalue weighted by molar-refractivity contribution is -0.137. The van der Waals surface area contributed by atoms with Crippen molar-refractivity contribution in [2.45, 2.75) is 77.0 Å². The Bertz CT molecular complexity index is 570. The van der Waals surface area contributed by atoms with Crippen molar-refractivity contribution >= 4 is 5.97 Å². The zero-order valence-corrected chi connectivity index (χ0v) is 14.8. The maximum Gasteiger partial charge on any atom is 0.304 e. The molecular weight excluding hydrogens is 284 g/mol. The third-order valence-electron chi connectivity index (χ3n) is 6.27. The largest absolute Gasteiger partial charge is 0.481 e. The third-order valence-corrected chi connectivity index (χ3v) is 6.27. The zero-order valence-electron chi connectivity index (χ0n) is 14.8. The van der Waals surface area contributed by atoms with Gasteiger partial charge in [0, 0.05) is 5.41 Å². The second-order valence-corrected chi connectivity index (χ2v) is 8.89. The summed E-state index contributed by atoms with van der Waals surface area (Å²) in [5.74, 6) is 0.830. The van der Waals surface area contributed by atoms with Gasteiger partial charge < -0.3 is 5.11 Å². The smallest absolute Gasteiger partial charge is 0.304 e. The van der Waals surface area contributed by atoms with Crippen molar-refractivity contribution in [3.8, 4) is 0 Å². The zero-order chi connectivity index (χ0) is 16.7. The summed E-state index contributed by atoms with van der Waals surface area (Å²) in [5, 5.41) is 9.17. The first kappa shape index (κ1) is 16.5. The number of benzene rings is 1. The summed E-state index contributed by atoms with van der Waals surface area (Å²) in [6, 6.07) is 8.85. The van der Waals surface area contributed by atoms with Gasteiger partial charge in [0.2, 0.25) is 0 Å². The van der Waals surface area contributed by atoms with Crippen molar-refractivity contribution in [2.24, 2.45) is 11.3 Å². The Morgan fingerprint density at radius 3 is 2.35 bits per heavy atom. The summed E-state index contributed by atoms with van der Waals surface area (Å²) in [6.07, 6.45) is 7.53. The fraction of sp³-hybridized carbons (Fsp3) is 0.667. The van der Waals surface area contributed by atoms with Crippen molar-refractivity contribution in [3.63, 3.8) is 0 Å². The Labute approximate surface area is 140 Å². The highest BCUT2D eigenvalue weighted by Gasteiger charge is 2.46. The number of carboxylic acids is 1. The number of carbonyl (C=O) groups is 1. The van der Waals surface area contributed by atoms with Gasteiger partial charge in [-0.25, -0.2) is 0 Å². The maximum absolute atomic E-state index is 11.1. The van der Waals surface area contributed by atoms with Crippen LogP contribution in [0.4, 0.5) is 0 Å². The fourth-order valence-corrected chi connectivity index (χ4v) is 4.42. The summed E-state index contributed by atoms with van der Waals surface area (Å²) in [6.45, 7) is 7.09. The molecule has 0 aliphatic heterocycles. The minimum Gasteiger partial charge on any atom is -0.481 e. The molecule has 0 atom stereocenters. The minimum absolute atomic E-state index is 0.0650. The Hall–Kier alpha value is -1.31. The van der Waals surface area contributed by atoms with E-state index >= 15 is 0 Å². The topological polar surface area (TPSA) is 37.3 Å². The molecule has 2 saturated carbocycles. The molecule has 0 aromatic heterocycles. The second-order valence-electron chi connectivity index (χ2n) is 8.89. The average molecular weight is 314 g/mol. The van der Waals surface area contributed by atoms with Crippen LogP contribution in [-0.2, 0) is 10.2 Å². The molecule has 2 aliphatic rings. The van der Waals surface area contributed by atoms with Crippen molar-refractivity contribution in [1.29, 1.82) is 0 Å². The van der Waals surface area contributed by atoms with Crippen molar-refractivity contribution in [3.05, 3.63) is 35.4 Å². The molecule has 0 radical (unpaired) electrons. The molecule has 2 aliphatic carbocycles. The molecule has 3 rings (SSSR count). The van der Waals surface area contributed by atoms with Crippen molar-refractivity contribution in [1.82, 2.24) is 0 Å². The van der Waals surface area contributed by atoms with Gasteiger partial charge in [0.25, 0.3) is 0 Å². The molecular formula is C21H30O2. The van der Waals surface area contributed by atoms with Gasteiger partial charge in [-0.2, -0.15) is 0 Å². The number of carboxylic acid groups (broad SMARTS) is 1. The van der Waals surface area contributed by atoms with Gasteiger partial charge in [-0.3, -0.25) is 4.79 Å². The van der Waals surface area contributed by atoms with Crippen LogP contribution in [0, 0.1) is 11.3 Å². The molecule has 23 heavy (non-hydrogen) atoms. The third kappa shape index (κ3) is 3.62. The highest BCUT2D eigenvalue weighted by atomic mass is 16.4. The van der Waals surface area contributed by atoms with Gasteiger partial charge >= 0.3 is 5.97 Å². The van der Waals surface area contributed by atoms with Crippen LogP contribution in [0.25, 0.3) is 0 Å². The average Bonchev–Trinajstić information content (AvgIpc) is 3.27. The van der Waals surface area contributed by atoms with Crippen LogP contribution >= 0.6 is 0 Å². The van der Waals surface area contributed by atoms with E-state index in [-0.39, 0.29) is 11.8 Å². The monoisotopic (exact) mass is 314 g/mol. The molecule has 0 spiro atoms. The van der Waals surface area contributed by atoms with E-state index in [1.807, 2.05) is 0 Å². The van der Waals surface area contributed by atoms with E-state index in [2.05, 4.69) is 45.0 Å². The van der Waals surface area contributed by atoms with Crippen LogP contribution in [-0.4, -0.2) is 11.1 Å². The van der Waals surface area contributed by atoms with E-state index in [1.165, 1.54) is 36.8 Å². The number of aliphatic carboxylic acids is 1. The van der Waals surface area contributed by atoms with Crippen LogP contribution in [0.3, 0.4) is 0 Å². The molecule has 0 heterocycles. The van der Waals surface area contributed by atoms with E-state index in [0.29, 0.717) is 11.3 Å². The van der Waals surface area contributed by atoms with Crippen LogP contribution < -0.4 is 0 Å². The molecule has 2 heteroatoms. The van der Waals surface area contributed by atoms with Crippen LogP contribution in [0.1, 0.15) is 82.8 Å². The standard InChI is InChI=1S/C21H30O2/c1-20(2,3)17-9-7-15(8-10-17)16-5-4-6-18(13-16)21(11-12-21)14-19(22)23/h4-6,13,15,17H,7-12,14H2,1-3H3,(H,22,23). The van der Waals surface area contributed by atoms with E-state index in [4.69, 9.17) is 0 Å². The number of hydrogen-bond acceptors (Lipinski definition) is 1. The maximum atomic E-state index is 11.1.